The van der Waals surface area contributed by atoms with E-state index in [-0.39, 0.29) is 6.61 Å². The zero-order valence-electron chi connectivity index (χ0n) is 7.28. The van der Waals surface area contributed by atoms with Crippen LogP contribution in [0.15, 0.2) is 18.2 Å². The molecule has 0 atom stereocenters. The van der Waals surface area contributed by atoms with Gasteiger partial charge in [-0.2, -0.15) is 0 Å². The summed E-state index contributed by atoms with van der Waals surface area (Å²) < 4.78 is 4.96. The van der Waals surface area contributed by atoms with Crippen LogP contribution < -0.4 is 4.74 Å². The minimum Gasteiger partial charge on any atom is -0.496 e. The maximum Gasteiger partial charge on any atom is 0.167 e. The number of ketones is 1. The van der Waals surface area contributed by atoms with Crippen molar-refractivity contribution >= 4 is 5.78 Å². The molecule has 0 saturated heterocycles. The van der Waals surface area contributed by atoms with Crippen molar-refractivity contribution in [2.24, 2.45) is 0 Å². The van der Waals surface area contributed by atoms with Crippen molar-refractivity contribution in [2.45, 2.75) is 6.61 Å². The molecule has 3 heteroatoms. The van der Waals surface area contributed by atoms with E-state index in [1.807, 2.05) is 0 Å². The Morgan fingerprint density at radius 3 is 2.77 bits per heavy atom. The molecule has 0 aliphatic carbocycles. The molecule has 0 bridgehead atoms. The van der Waals surface area contributed by atoms with Crippen molar-refractivity contribution in [1.82, 2.24) is 0 Å². The summed E-state index contributed by atoms with van der Waals surface area (Å²) in [5, 5.41) is 8.99. The first-order valence-electron chi connectivity index (χ1n) is 3.77. The van der Waals surface area contributed by atoms with Gasteiger partial charge in [-0.1, -0.05) is 12.1 Å². The number of carbonyl (C=O) groups is 1. The fourth-order valence-corrected chi connectivity index (χ4v) is 1.15. The number of carbonyl (C=O) groups excluding carboxylic acids is 1. The number of aliphatic hydroxyl groups excluding tert-OH is 1. The van der Waals surface area contributed by atoms with Crippen LogP contribution in [0.4, 0.5) is 0 Å². The molecular weight excluding hydrogens is 168 g/mol. The fraction of sp³-hybridized carbons (Fsp3) is 0.200. The molecule has 0 heterocycles. The third-order valence-corrected chi connectivity index (χ3v) is 1.78. The number of hydrogen-bond acceptors (Lipinski definition) is 3. The average molecular weight is 178 g/mol. The van der Waals surface area contributed by atoms with Gasteiger partial charge in [-0.3, -0.25) is 4.79 Å². The van der Waals surface area contributed by atoms with Crippen LogP contribution in [0.3, 0.4) is 0 Å². The van der Waals surface area contributed by atoms with E-state index in [1.165, 1.54) is 7.11 Å². The molecule has 1 aromatic carbocycles. The molecule has 0 aromatic heterocycles. The molecular formula is C10H10O3. The van der Waals surface area contributed by atoms with Crippen LogP contribution in [0.25, 0.3) is 0 Å². The highest BCUT2D eigenvalue weighted by Gasteiger charge is 2.10. The lowest BCUT2D eigenvalue weighted by Gasteiger charge is -2.08. The molecule has 0 saturated carbocycles. The van der Waals surface area contributed by atoms with Gasteiger partial charge in [-0.25, -0.2) is 0 Å². The predicted octanol–water partition coefficient (Wildman–Crippen LogP) is 1.08. The van der Waals surface area contributed by atoms with Crippen molar-refractivity contribution in [3.63, 3.8) is 0 Å². The summed E-state index contributed by atoms with van der Waals surface area (Å²) in [6.07, 6.45) is 0. The summed E-state index contributed by atoms with van der Waals surface area (Å²) in [6.45, 7) is 4.85. The molecule has 3 nitrogen and oxygen atoms in total. The first kappa shape index (κ1) is 9.74. The molecule has 0 fully saturated rings. The number of aliphatic hydroxyl groups is 1. The van der Waals surface area contributed by atoms with E-state index in [2.05, 4.69) is 0 Å². The Hall–Kier alpha value is -1.35. The highest BCUT2D eigenvalue weighted by molar-refractivity contribution is 6.01. The zero-order chi connectivity index (χ0) is 9.84. The molecule has 1 rings (SSSR count). The summed E-state index contributed by atoms with van der Waals surface area (Å²) in [4.78, 5) is 10.9. The van der Waals surface area contributed by atoms with E-state index in [0.717, 1.165) is 0 Å². The molecule has 2 radical (unpaired) electrons. The predicted molar refractivity (Wildman–Crippen MR) is 47.5 cm³/mol. The molecule has 0 aliphatic heterocycles. The van der Waals surface area contributed by atoms with Crippen LogP contribution >= 0.6 is 0 Å². The first-order chi connectivity index (χ1) is 6.20. The second-order valence-corrected chi connectivity index (χ2v) is 2.51. The Morgan fingerprint density at radius 1 is 1.62 bits per heavy atom. The quantitative estimate of drug-likeness (QED) is 0.704. The van der Waals surface area contributed by atoms with E-state index in [0.29, 0.717) is 16.9 Å². The van der Waals surface area contributed by atoms with Crippen molar-refractivity contribution in [3.05, 3.63) is 36.2 Å². The lowest BCUT2D eigenvalue weighted by atomic mass is 10.0. The summed E-state index contributed by atoms with van der Waals surface area (Å²) >= 11 is 0. The molecule has 0 spiro atoms. The minimum absolute atomic E-state index is 0.262. The van der Waals surface area contributed by atoms with Gasteiger partial charge in [0.2, 0.25) is 0 Å². The number of rotatable bonds is 3. The Bertz CT molecular complexity index is 318. The lowest BCUT2D eigenvalue weighted by molar-refractivity contribution is 0.104. The molecule has 68 valence electrons. The molecule has 1 aromatic rings. The van der Waals surface area contributed by atoms with Crippen LogP contribution in [0, 0.1) is 6.92 Å². The molecule has 1 N–H and O–H groups in total. The van der Waals surface area contributed by atoms with Gasteiger partial charge < -0.3 is 9.84 Å². The van der Waals surface area contributed by atoms with E-state index >= 15 is 0 Å². The zero-order valence-corrected chi connectivity index (χ0v) is 7.28. The Balaban J connectivity index is 3.27. The van der Waals surface area contributed by atoms with Crippen molar-refractivity contribution in [1.29, 1.82) is 0 Å². The third-order valence-electron chi connectivity index (χ3n) is 1.78. The van der Waals surface area contributed by atoms with Crippen molar-refractivity contribution in [2.75, 3.05) is 7.11 Å². The Labute approximate surface area is 77.0 Å². The van der Waals surface area contributed by atoms with E-state index in [1.54, 1.807) is 18.2 Å². The summed E-state index contributed by atoms with van der Waals surface area (Å²) in [7, 11) is 1.47. The molecule has 0 unspecified atom stereocenters. The molecule has 0 aliphatic rings. The van der Waals surface area contributed by atoms with Crippen LogP contribution in [0.5, 0.6) is 5.75 Å². The van der Waals surface area contributed by atoms with E-state index < -0.39 is 5.78 Å². The lowest BCUT2D eigenvalue weighted by Crippen LogP contribution is -2.02. The number of methoxy groups -OCH3 is 1. The highest BCUT2D eigenvalue weighted by Crippen LogP contribution is 2.22. The van der Waals surface area contributed by atoms with Crippen LogP contribution in [0.1, 0.15) is 15.9 Å². The van der Waals surface area contributed by atoms with Gasteiger partial charge in [0.15, 0.2) is 5.78 Å². The van der Waals surface area contributed by atoms with Gasteiger partial charge in [0.1, 0.15) is 5.75 Å². The van der Waals surface area contributed by atoms with Crippen LogP contribution in [-0.4, -0.2) is 18.0 Å². The maximum absolute atomic E-state index is 10.9. The second-order valence-electron chi connectivity index (χ2n) is 2.51. The van der Waals surface area contributed by atoms with Gasteiger partial charge in [0, 0.05) is 18.1 Å². The summed E-state index contributed by atoms with van der Waals surface area (Å²) in [5.74, 6) is -0.0956. The number of ether oxygens (including phenoxy) is 1. The first-order valence-corrected chi connectivity index (χ1v) is 3.77. The average Bonchev–Trinajstić information content (AvgIpc) is 2.16. The van der Waals surface area contributed by atoms with Crippen molar-refractivity contribution in [3.8, 4) is 5.75 Å². The number of benzene rings is 1. The summed E-state index contributed by atoms with van der Waals surface area (Å²) in [5.41, 5.74) is 0.722. The smallest absolute Gasteiger partial charge is 0.167 e. The Kier molecular flexibility index (Phi) is 3.03. The normalized spacial score (nSPS) is 9.77. The minimum atomic E-state index is -0.567. The van der Waals surface area contributed by atoms with Gasteiger partial charge in [-0.15, -0.1) is 0 Å². The van der Waals surface area contributed by atoms with Gasteiger partial charge >= 0.3 is 0 Å². The fourth-order valence-electron chi connectivity index (χ4n) is 1.15. The van der Waals surface area contributed by atoms with Crippen molar-refractivity contribution < 1.29 is 14.6 Å². The monoisotopic (exact) mass is 178 g/mol. The number of hydrogen-bond donors (Lipinski definition) is 1. The second kappa shape index (κ2) is 4.05. The number of Topliss-reactive ketones (excluding diaryl/α,β-unsaturated/α-hetero) is 1. The molecule has 0 amide bonds. The van der Waals surface area contributed by atoms with Crippen LogP contribution in [0.2, 0.25) is 0 Å². The Morgan fingerprint density at radius 2 is 2.31 bits per heavy atom. The largest absolute Gasteiger partial charge is 0.496 e. The van der Waals surface area contributed by atoms with Crippen LogP contribution in [-0.2, 0) is 6.61 Å². The highest BCUT2D eigenvalue weighted by atomic mass is 16.5. The summed E-state index contributed by atoms with van der Waals surface area (Å²) in [6, 6.07) is 4.87. The van der Waals surface area contributed by atoms with Gasteiger partial charge in [0.05, 0.1) is 13.7 Å². The topological polar surface area (TPSA) is 46.5 Å². The molecule has 13 heavy (non-hydrogen) atoms. The maximum atomic E-state index is 10.9. The third kappa shape index (κ3) is 1.87. The SMILES string of the molecule is [CH]C(=O)c1cccc(OC)c1CO. The van der Waals surface area contributed by atoms with Gasteiger partial charge in [0.25, 0.3) is 0 Å². The van der Waals surface area contributed by atoms with E-state index in [9.17, 15) is 4.79 Å². The standard InChI is InChI=1S/C10H10O3/c1-7(12)8-4-3-5-10(13-2)9(8)6-11/h1,3-5,11H,6H2,2H3. The van der Waals surface area contributed by atoms with Gasteiger partial charge in [-0.05, 0) is 6.07 Å². The van der Waals surface area contributed by atoms with E-state index in [4.69, 9.17) is 16.8 Å².